The molecule has 0 atom stereocenters. The summed E-state index contributed by atoms with van der Waals surface area (Å²) in [6.07, 6.45) is 1.65. The first-order valence-corrected chi connectivity index (χ1v) is 5.65. The third-order valence-electron chi connectivity index (χ3n) is 2.30. The Kier molecular flexibility index (Phi) is 3.79. The fraction of sp³-hybridized carbons (Fsp3) is 0.0769. The molecular weight excluding hydrogens is 252 g/mol. The first-order valence-electron chi connectivity index (χ1n) is 5.27. The van der Waals surface area contributed by atoms with Crippen LogP contribution in [0, 0.1) is 0 Å². The zero-order valence-electron chi connectivity index (χ0n) is 9.71. The van der Waals surface area contributed by atoms with Gasteiger partial charge in [-0.05, 0) is 33.5 Å². The van der Waals surface area contributed by atoms with Crippen molar-refractivity contribution in [3.63, 3.8) is 0 Å². The zero-order chi connectivity index (χ0) is 13.0. The van der Waals surface area contributed by atoms with Gasteiger partial charge in [0.25, 0.3) is 0 Å². The van der Waals surface area contributed by atoms with Gasteiger partial charge < -0.3 is 9.84 Å². The van der Waals surface area contributed by atoms with Gasteiger partial charge >= 0.3 is 5.88 Å². The highest BCUT2D eigenvalue weighted by Gasteiger charge is 2.08. The van der Waals surface area contributed by atoms with Gasteiger partial charge in [0.05, 0.1) is 19.1 Å². The number of halogens is 1. The van der Waals surface area contributed by atoms with Crippen LogP contribution in [0.4, 0.5) is 0 Å². The highest BCUT2D eigenvalue weighted by molar-refractivity contribution is 6.30. The van der Waals surface area contributed by atoms with Gasteiger partial charge in [-0.25, -0.2) is 0 Å². The number of hydrogen-bond acceptors (Lipinski definition) is 3. The molecule has 0 radical (unpaired) electrons. The lowest BCUT2D eigenvalue weighted by Gasteiger charge is -2.07. The van der Waals surface area contributed by atoms with Crippen molar-refractivity contribution in [1.29, 1.82) is 0 Å². The summed E-state index contributed by atoms with van der Waals surface area (Å²) >= 11 is 5.76. The van der Waals surface area contributed by atoms with Crippen LogP contribution in [-0.2, 0) is 0 Å². The van der Waals surface area contributed by atoms with Crippen molar-refractivity contribution in [3.8, 4) is 5.88 Å². The second kappa shape index (κ2) is 5.51. The summed E-state index contributed by atoms with van der Waals surface area (Å²) in [5, 5.41) is 16.4. The van der Waals surface area contributed by atoms with Gasteiger partial charge in [-0.15, -0.1) is 0 Å². The first kappa shape index (κ1) is 12.4. The second-order valence-electron chi connectivity index (χ2n) is 3.50. The van der Waals surface area contributed by atoms with Crippen LogP contribution in [-0.4, -0.2) is 13.0 Å². The lowest BCUT2D eigenvalue weighted by Crippen LogP contribution is -2.34. The lowest BCUT2D eigenvalue weighted by atomic mass is 10.2. The number of pyridine rings is 1. The van der Waals surface area contributed by atoms with Gasteiger partial charge in [-0.2, -0.15) is 0 Å². The molecule has 0 unspecified atom stereocenters. The number of rotatable bonds is 3. The van der Waals surface area contributed by atoms with Crippen molar-refractivity contribution < 1.29 is 14.5 Å². The summed E-state index contributed by atoms with van der Waals surface area (Å²) in [5.74, 6) is 0.126. The Morgan fingerprint density at radius 2 is 1.94 bits per heavy atom. The van der Waals surface area contributed by atoms with Crippen LogP contribution < -0.4 is 14.5 Å². The third-order valence-corrected chi connectivity index (χ3v) is 2.55. The van der Waals surface area contributed by atoms with Crippen molar-refractivity contribution in [2.24, 2.45) is 5.10 Å². The van der Waals surface area contributed by atoms with Crippen LogP contribution in [0.1, 0.15) is 5.56 Å². The monoisotopic (exact) mass is 262 g/mol. The molecule has 0 bridgehead atoms. The van der Waals surface area contributed by atoms with Crippen LogP contribution in [0.3, 0.4) is 0 Å². The minimum absolute atomic E-state index is 0.360. The zero-order valence-corrected chi connectivity index (χ0v) is 10.5. The average molecular weight is 263 g/mol. The predicted molar refractivity (Wildman–Crippen MR) is 66.6 cm³/mol. The fourth-order valence-electron chi connectivity index (χ4n) is 1.41. The molecule has 92 valence electrons. The summed E-state index contributed by atoms with van der Waals surface area (Å²) in [6.45, 7) is 0. The van der Waals surface area contributed by atoms with E-state index in [0.29, 0.717) is 16.5 Å². The molecule has 0 amide bonds. The number of ether oxygens (including phenoxy) is 1. The van der Waals surface area contributed by atoms with E-state index in [1.807, 2.05) is 0 Å². The molecule has 0 aliphatic heterocycles. The summed E-state index contributed by atoms with van der Waals surface area (Å²) in [6, 6.07) is 11.8. The van der Waals surface area contributed by atoms with Gasteiger partial charge in [0.15, 0.2) is 0 Å². The number of nitrogens with zero attached hydrogens (tertiary/aromatic N) is 2. The SMILES string of the molecule is COc1cccc[n+]1/N=C(\[O-])c1ccc(Cl)cc1. The molecular formula is C13H11ClN2O2. The van der Waals surface area contributed by atoms with Crippen LogP contribution in [0.5, 0.6) is 5.88 Å². The molecule has 5 heteroatoms. The van der Waals surface area contributed by atoms with Crippen molar-refractivity contribution in [2.45, 2.75) is 0 Å². The van der Waals surface area contributed by atoms with Crippen molar-refractivity contribution in [1.82, 2.24) is 0 Å². The van der Waals surface area contributed by atoms with Gasteiger partial charge in [-0.1, -0.05) is 23.7 Å². The molecule has 2 aromatic rings. The molecule has 0 spiro atoms. The molecule has 0 saturated carbocycles. The van der Waals surface area contributed by atoms with Crippen LogP contribution in [0.15, 0.2) is 53.8 Å². The normalized spacial score (nSPS) is 11.3. The first-order chi connectivity index (χ1) is 8.70. The summed E-state index contributed by atoms with van der Waals surface area (Å²) in [4.78, 5) is 0. The number of aromatic nitrogens is 1. The Morgan fingerprint density at radius 3 is 2.61 bits per heavy atom. The second-order valence-corrected chi connectivity index (χ2v) is 3.94. The molecule has 0 fully saturated rings. The number of hydrogen-bond donors (Lipinski definition) is 0. The molecule has 18 heavy (non-hydrogen) atoms. The van der Waals surface area contributed by atoms with E-state index in [1.54, 1.807) is 48.7 Å². The van der Waals surface area contributed by atoms with E-state index in [1.165, 1.54) is 11.8 Å². The lowest BCUT2D eigenvalue weighted by molar-refractivity contribution is -0.686. The maximum Gasteiger partial charge on any atom is 0.398 e. The smallest absolute Gasteiger partial charge is 0.398 e. The summed E-state index contributed by atoms with van der Waals surface area (Å²) in [7, 11) is 1.52. The Bertz CT molecular complexity index is 567. The molecule has 4 nitrogen and oxygen atoms in total. The molecule has 0 saturated heterocycles. The molecule has 2 rings (SSSR count). The largest absolute Gasteiger partial charge is 0.854 e. The Morgan fingerprint density at radius 1 is 1.22 bits per heavy atom. The van der Waals surface area contributed by atoms with Gasteiger partial charge in [0, 0.05) is 11.1 Å². The predicted octanol–water partition coefficient (Wildman–Crippen LogP) is 1.21. The van der Waals surface area contributed by atoms with E-state index in [-0.39, 0.29) is 5.90 Å². The van der Waals surface area contributed by atoms with Gasteiger partial charge in [0.1, 0.15) is 0 Å². The maximum absolute atomic E-state index is 11.9. The van der Waals surface area contributed by atoms with E-state index in [0.717, 1.165) is 0 Å². The van der Waals surface area contributed by atoms with Crippen LogP contribution in [0.25, 0.3) is 0 Å². The van der Waals surface area contributed by atoms with Crippen molar-refractivity contribution in [3.05, 3.63) is 59.2 Å². The van der Waals surface area contributed by atoms with E-state index < -0.39 is 0 Å². The minimum Gasteiger partial charge on any atom is -0.854 e. The highest BCUT2D eigenvalue weighted by Crippen LogP contribution is 2.09. The highest BCUT2D eigenvalue weighted by atomic mass is 35.5. The third kappa shape index (κ3) is 2.78. The molecule has 0 aliphatic carbocycles. The molecule has 1 heterocycles. The topological polar surface area (TPSA) is 48.5 Å². The molecule has 0 N–H and O–H groups in total. The van der Waals surface area contributed by atoms with Crippen LogP contribution in [0.2, 0.25) is 5.02 Å². The molecule has 0 aliphatic rings. The van der Waals surface area contributed by atoms with Gasteiger partial charge in [-0.3, -0.25) is 0 Å². The number of methoxy groups -OCH3 is 1. The quantitative estimate of drug-likeness (QED) is 0.474. The molecule has 1 aromatic heterocycles. The van der Waals surface area contributed by atoms with Gasteiger partial charge in [0.2, 0.25) is 6.20 Å². The Balaban J connectivity index is 2.35. The van der Waals surface area contributed by atoms with Crippen molar-refractivity contribution in [2.75, 3.05) is 7.11 Å². The van der Waals surface area contributed by atoms with Crippen molar-refractivity contribution >= 4 is 17.5 Å². The fourth-order valence-corrected chi connectivity index (χ4v) is 1.54. The van der Waals surface area contributed by atoms with E-state index in [9.17, 15) is 5.11 Å². The van der Waals surface area contributed by atoms with E-state index >= 15 is 0 Å². The van der Waals surface area contributed by atoms with Crippen LogP contribution >= 0.6 is 11.6 Å². The summed E-state index contributed by atoms with van der Waals surface area (Å²) < 4.78 is 6.48. The average Bonchev–Trinajstić information content (AvgIpc) is 2.40. The summed E-state index contributed by atoms with van der Waals surface area (Å²) in [5.41, 5.74) is 0.470. The van der Waals surface area contributed by atoms with E-state index in [4.69, 9.17) is 16.3 Å². The van der Waals surface area contributed by atoms with E-state index in [2.05, 4.69) is 5.10 Å². The molecule has 1 aromatic carbocycles. The minimum atomic E-state index is -0.360. The Hall–Kier alpha value is -2.07. The Labute approximate surface area is 110 Å². The maximum atomic E-state index is 11.9. The standard InChI is InChI=1S/C13H11ClN2O2/c1-18-12-4-2-3-9-16(12)15-13(17)10-5-7-11(14)8-6-10/h2-9H,1H3. The number of benzene rings is 1.